The van der Waals surface area contributed by atoms with E-state index in [2.05, 4.69) is 26.6 Å². The van der Waals surface area contributed by atoms with E-state index < -0.39 is 5.97 Å². The average molecular weight is 437 g/mol. The molecule has 26 heavy (non-hydrogen) atoms. The largest absolute Gasteiger partial charge is 0.493 e. The average Bonchev–Trinajstić information content (AvgIpc) is 2.63. The number of methoxy groups -OCH3 is 1. The number of nitrogens with one attached hydrogen (secondary N) is 2. The predicted octanol–water partition coefficient (Wildman–Crippen LogP) is 3.76. The molecule has 0 saturated carbocycles. The minimum atomic E-state index is -0.502. The Balaban J connectivity index is 2.08. The Morgan fingerprint density at radius 2 is 1.92 bits per heavy atom. The summed E-state index contributed by atoms with van der Waals surface area (Å²) < 4.78 is 10.8. The van der Waals surface area contributed by atoms with E-state index in [1.54, 1.807) is 42.5 Å². The third-order valence-corrected chi connectivity index (χ3v) is 4.13. The minimum Gasteiger partial charge on any atom is -0.493 e. The lowest BCUT2D eigenvalue weighted by molar-refractivity contribution is 0.0602. The molecule has 2 N–H and O–H groups in total. The van der Waals surface area contributed by atoms with E-state index in [-0.39, 0.29) is 11.0 Å². The maximum Gasteiger partial charge on any atom is 0.339 e. The van der Waals surface area contributed by atoms with Crippen molar-refractivity contribution in [2.75, 3.05) is 19.0 Å². The SMILES string of the molecule is CCOc1ccc(C(=O)NC(=S)Nc2ccccc2C(=O)OC)cc1Br. The van der Waals surface area contributed by atoms with Gasteiger partial charge < -0.3 is 14.8 Å². The molecule has 0 bridgehead atoms. The van der Waals surface area contributed by atoms with Crippen molar-refractivity contribution in [1.29, 1.82) is 0 Å². The molecule has 0 unspecified atom stereocenters. The molecule has 2 aromatic rings. The van der Waals surface area contributed by atoms with Gasteiger partial charge in [0.15, 0.2) is 5.11 Å². The van der Waals surface area contributed by atoms with Gasteiger partial charge in [-0.05, 0) is 65.4 Å². The molecule has 6 nitrogen and oxygen atoms in total. The molecule has 0 fully saturated rings. The fourth-order valence-corrected chi connectivity index (χ4v) is 2.82. The number of hydrogen-bond donors (Lipinski definition) is 2. The zero-order chi connectivity index (χ0) is 19.1. The summed E-state index contributed by atoms with van der Waals surface area (Å²) in [5, 5.41) is 5.48. The lowest BCUT2D eigenvalue weighted by Gasteiger charge is -2.13. The third kappa shape index (κ3) is 5.03. The van der Waals surface area contributed by atoms with Gasteiger partial charge in [-0.15, -0.1) is 0 Å². The number of anilines is 1. The first-order valence-electron chi connectivity index (χ1n) is 7.68. The number of thiocarbonyl (C=S) groups is 1. The number of para-hydroxylation sites is 1. The number of esters is 1. The van der Waals surface area contributed by atoms with Crippen molar-refractivity contribution < 1.29 is 19.1 Å². The first-order chi connectivity index (χ1) is 12.5. The molecule has 0 aliphatic carbocycles. The predicted molar refractivity (Wildman–Crippen MR) is 107 cm³/mol. The molecule has 1 amide bonds. The van der Waals surface area contributed by atoms with Crippen molar-refractivity contribution in [3.05, 3.63) is 58.1 Å². The second-order valence-corrected chi connectivity index (χ2v) is 6.29. The standard InChI is InChI=1S/C18H17BrN2O4S/c1-3-25-15-9-8-11(10-13(15)19)16(22)21-18(26)20-14-7-5-4-6-12(14)17(23)24-2/h4-10H,3H2,1-2H3,(H2,20,21,22,26). The van der Waals surface area contributed by atoms with E-state index in [1.807, 2.05) is 6.92 Å². The molecule has 0 atom stereocenters. The Labute approximate surface area is 165 Å². The number of rotatable bonds is 5. The maximum atomic E-state index is 12.3. The highest BCUT2D eigenvalue weighted by Crippen LogP contribution is 2.26. The van der Waals surface area contributed by atoms with E-state index in [4.69, 9.17) is 21.7 Å². The van der Waals surface area contributed by atoms with E-state index in [9.17, 15) is 9.59 Å². The molecule has 0 radical (unpaired) electrons. The zero-order valence-electron chi connectivity index (χ0n) is 14.2. The van der Waals surface area contributed by atoms with Crippen LogP contribution in [0.1, 0.15) is 27.6 Å². The summed E-state index contributed by atoms with van der Waals surface area (Å²) in [6.45, 7) is 2.40. The molecule has 2 rings (SSSR count). The summed E-state index contributed by atoms with van der Waals surface area (Å²) in [6.07, 6.45) is 0. The molecule has 2 aromatic carbocycles. The van der Waals surface area contributed by atoms with Crippen molar-refractivity contribution in [2.24, 2.45) is 0 Å². The Bertz CT molecular complexity index is 842. The smallest absolute Gasteiger partial charge is 0.339 e. The molecule has 0 spiro atoms. The fourth-order valence-electron chi connectivity index (χ4n) is 2.12. The van der Waals surface area contributed by atoms with Crippen molar-refractivity contribution in [3.8, 4) is 5.75 Å². The Morgan fingerprint density at radius 1 is 1.19 bits per heavy atom. The van der Waals surface area contributed by atoms with E-state index in [0.717, 1.165) is 0 Å². The van der Waals surface area contributed by atoms with Crippen LogP contribution in [0.2, 0.25) is 0 Å². The molecule has 0 heterocycles. The normalized spacial score (nSPS) is 9.96. The first kappa shape index (κ1) is 19.9. The summed E-state index contributed by atoms with van der Waals surface area (Å²) in [6, 6.07) is 11.7. The van der Waals surface area contributed by atoms with Crippen LogP contribution >= 0.6 is 28.1 Å². The molecule has 0 aromatic heterocycles. The van der Waals surface area contributed by atoms with Gasteiger partial charge in [0.2, 0.25) is 0 Å². The van der Waals surface area contributed by atoms with Crippen LogP contribution in [-0.2, 0) is 4.74 Å². The zero-order valence-corrected chi connectivity index (χ0v) is 16.6. The second-order valence-electron chi connectivity index (χ2n) is 5.02. The Morgan fingerprint density at radius 3 is 2.58 bits per heavy atom. The number of amides is 1. The van der Waals surface area contributed by atoms with Crippen molar-refractivity contribution in [3.63, 3.8) is 0 Å². The van der Waals surface area contributed by atoms with Crippen LogP contribution < -0.4 is 15.4 Å². The highest BCUT2D eigenvalue weighted by Gasteiger charge is 2.14. The highest BCUT2D eigenvalue weighted by molar-refractivity contribution is 9.10. The quantitative estimate of drug-likeness (QED) is 0.548. The van der Waals surface area contributed by atoms with Gasteiger partial charge in [0.05, 0.1) is 29.4 Å². The van der Waals surface area contributed by atoms with Crippen LogP contribution in [-0.4, -0.2) is 30.7 Å². The summed E-state index contributed by atoms with van der Waals surface area (Å²) in [5.74, 6) is -0.240. The Kier molecular flexibility index (Phi) is 7.11. The summed E-state index contributed by atoms with van der Waals surface area (Å²) in [5.41, 5.74) is 1.17. The summed E-state index contributed by atoms with van der Waals surface area (Å²) in [4.78, 5) is 24.1. The second kappa shape index (κ2) is 9.30. The van der Waals surface area contributed by atoms with Crippen LogP contribution in [0.5, 0.6) is 5.75 Å². The third-order valence-electron chi connectivity index (χ3n) is 3.30. The number of hydrogen-bond acceptors (Lipinski definition) is 5. The van der Waals surface area contributed by atoms with Crippen LogP contribution in [0.15, 0.2) is 46.9 Å². The lowest BCUT2D eigenvalue weighted by atomic mass is 10.2. The minimum absolute atomic E-state index is 0.0661. The van der Waals surface area contributed by atoms with Crippen LogP contribution in [0, 0.1) is 0 Å². The topological polar surface area (TPSA) is 76.7 Å². The number of carbonyl (C=O) groups is 2. The molecule has 0 aliphatic heterocycles. The number of carbonyl (C=O) groups excluding carboxylic acids is 2. The molecular weight excluding hydrogens is 420 g/mol. The van der Waals surface area contributed by atoms with Gasteiger partial charge in [-0.3, -0.25) is 10.1 Å². The molecule has 8 heteroatoms. The van der Waals surface area contributed by atoms with Gasteiger partial charge in [0, 0.05) is 5.56 Å². The lowest BCUT2D eigenvalue weighted by Crippen LogP contribution is -2.34. The summed E-state index contributed by atoms with van der Waals surface area (Å²) in [7, 11) is 1.29. The van der Waals surface area contributed by atoms with Crippen molar-refractivity contribution in [2.45, 2.75) is 6.92 Å². The number of ether oxygens (including phenoxy) is 2. The van der Waals surface area contributed by atoms with Gasteiger partial charge in [0.1, 0.15) is 5.75 Å². The number of benzene rings is 2. The fraction of sp³-hybridized carbons (Fsp3) is 0.167. The van der Waals surface area contributed by atoms with Gasteiger partial charge in [-0.25, -0.2) is 4.79 Å². The van der Waals surface area contributed by atoms with Crippen molar-refractivity contribution in [1.82, 2.24) is 5.32 Å². The monoisotopic (exact) mass is 436 g/mol. The van der Waals surface area contributed by atoms with Crippen LogP contribution in [0.25, 0.3) is 0 Å². The van der Waals surface area contributed by atoms with E-state index in [0.29, 0.717) is 33.6 Å². The summed E-state index contributed by atoms with van der Waals surface area (Å²) >= 11 is 8.53. The molecule has 0 aliphatic rings. The van der Waals surface area contributed by atoms with Crippen LogP contribution in [0.3, 0.4) is 0 Å². The highest BCUT2D eigenvalue weighted by atomic mass is 79.9. The van der Waals surface area contributed by atoms with Gasteiger partial charge >= 0.3 is 5.97 Å². The first-order valence-corrected chi connectivity index (χ1v) is 8.88. The van der Waals surface area contributed by atoms with E-state index >= 15 is 0 Å². The maximum absolute atomic E-state index is 12.3. The number of halogens is 1. The van der Waals surface area contributed by atoms with Gasteiger partial charge in [-0.1, -0.05) is 12.1 Å². The van der Waals surface area contributed by atoms with Gasteiger partial charge in [0.25, 0.3) is 5.91 Å². The van der Waals surface area contributed by atoms with E-state index in [1.165, 1.54) is 7.11 Å². The van der Waals surface area contributed by atoms with Crippen molar-refractivity contribution >= 4 is 50.8 Å². The molecule has 0 saturated heterocycles. The van der Waals surface area contributed by atoms with Crippen LogP contribution in [0.4, 0.5) is 5.69 Å². The molecule has 136 valence electrons. The molecular formula is C18H17BrN2O4S. The Hall–Kier alpha value is -2.45. The van der Waals surface area contributed by atoms with Gasteiger partial charge in [-0.2, -0.15) is 0 Å².